The molecule has 0 aliphatic rings. The first-order valence-corrected chi connectivity index (χ1v) is 5.90. The van der Waals surface area contributed by atoms with Crippen molar-refractivity contribution in [3.8, 4) is 11.9 Å². The predicted molar refractivity (Wildman–Crippen MR) is 57.8 cm³/mol. The van der Waals surface area contributed by atoms with E-state index in [0.717, 1.165) is 0 Å². The van der Waals surface area contributed by atoms with Gasteiger partial charge in [-0.3, -0.25) is 0 Å². The van der Waals surface area contributed by atoms with Gasteiger partial charge in [-0.25, -0.2) is 13.8 Å². The van der Waals surface area contributed by atoms with Crippen molar-refractivity contribution in [1.29, 1.82) is 5.26 Å². The van der Waals surface area contributed by atoms with Gasteiger partial charge >= 0.3 is 6.36 Å². The van der Waals surface area contributed by atoms with Crippen LogP contribution in [0.25, 0.3) is 0 Å². The third-order valence-electron chi connectivity index (χ3n) is 2.06. The van der Waals surface area contributed by atoms with Crippen molar-refractivity contribution in [2.24, 2.45) is 0 Å². The first-order chi connectivity index (χ1) is 8.78. The zero-order chi connectivity index (χ0) is 14.6. The highest BCUT2D eigenvalue weighted by atomic mass is 79.9. The number of alkyl halides is 6. The number of rotatable bonds is 4. The van der Waals surface area contributed by atoms with Crippen molar-refractivity contribution in [1.82, 2.24) is 4.98 Å². The summed E-state index contributed by atoms with van der Waals surface area (Å²) in [7, 11) is 0. The molecular weight excluding hydrogens is 339 g/mol. The van der Waals surface area contributed by atoms with Gasteiger partial charge in [-0.15, -0.1) is 13.2 Å². The number of hydrogen-bond acceptors (Lipinski definition) is 3. The van der Waals surface area contributed by atoms with Gasteiger partial charge in [0.2, 0.25) is 5.88 Å². The summed E-state index contributed by atoms with van der Waals surface area (Å²) in [5, 5.41) is 8.48. The van der Waals surface area contributed by atoms with Crippen LogP contribution in [0.1, 0.15) is 23.2 Å². The van der Waals surface area contributed by atoms with E-state index in [0.29, 0.717) is 6.07 Å². The second kappa shape index (κ2) is 6.14. The zero-order valence-corrected chi connectivity index (χ0v) is 10.7. The Hall–Kier alpha value is -1.43. The van der Waals surface area contributed by atoms with Crippen LogP contribution in [0.3, 0.4) is 0 Å². The number of halogens is 6. The standard InChI is InChI=1S/C10H6BrF5N2O/c11-4-7-5(1-2-17)6(9(12)13)3-8(18-7)19-10(14,15)16/h3,9H,1,4H2. The van der Waals surface area contributed by atoms with Crippen LogP contribution in [0, 0.1) is 11.3 Å². The van der Waals surface area contributed by atoms with Gasteiger partial charge in [0.1, 0.15) is 0 Å². The minimum Gasteiger partial charge on any atom is -0.388 e. The summed E-state index contributed by atoms with van der Waals surface area (Å²) in [5.74, 6) is -0.973. The maximum Gasteiger partial charge on any atom is 0.574 e. The lowest BCUT2D eigenvalue weighted by atomic mass is 10.0. The Kier molecular flexibility index (Phi) is 5.05. The Morgan fingerprint density at radius 1 is 1.42 bits per heavy atom. The van der Waals surface area contributed by atoms with Gasteiger partial charge in [-0.05, 0) is 5.56 Å². The fourth-order valence-electron chi connectivity index (χ4n) is 1.38. The van der Waals surface area contributed by atoms with Gasteiger partial charge < -0.3 is 4.74 Å². The van der Waals surface area contributed by atoms with Crippen LogP contribution in [0.2, 0.25) is 0 Å². The minimum atomic E-state index is -5.02. The third kappa shape index (κ3) is 4.31. The lowest BCUT2D eigenvalue weighted by molar-refractivity contribution is -0.276. The largest absolute Gasteiger partial charge is 0.574 e. The van der Waals surface area contributed by atoms with Crippen molar-refractivity contribution in [2.75, 3.05) is 0 Å². The summed E-state index contributed by atoms with van der Waals surface area (Å²) in [6.07, 6.45) is -8.42. The number of hydrogen-bond donors (Lipinski definition) is 0. The Balaban J connectivity index is 3.32. The van der Waals surface area contributed by atoms with Crippen molar-refractivity contribution in [2.45, 2.75) is 24.5 Å². The van der Waals surface area contributed by atoms with E-state index in [2.05, 4.69) is 25.7 Å². The molecule has 1 aromatic rings. The van der Waals surface area contributed by atoms with Crippen LogP contribution in [-0.2, 0) is 11.8 Å². The van der Waals surface area contributed by atoms with Crippen LogP contribution < -0.4 is 4.74 Å². The van der Waals surface area contributed by atoms with Gasteiger partial charge in [0.15, 0.2) is 0 Å². The van der Waals surface area contributed by atoms with Crippen molar-refractivity contribution >= 4 is 15.9 Å². The molecule has 0 fully saturated rings. The summed E-state index contributed by atoms with van der Waals surface area (Å²) in [5.41, 5.74) is -0.868. The monoisotopic (exact) mass is 344 g/mol. The SMILES string of the molecule is N#CCc1c(C(F)F)cc(OC(F)(F)F)nc1CBr. The van der Waals surface area contributed by atoms with Crippen LogP contribution in [0.15, 0.2) is 6.07 Å². The number of nitrogens with zero attached hydrogens (tertiary/aromatic N) is 2. The van der Waals surface area contributed by atoms with E-state index < -0.39 is 24.2 Å². The van der Waals surface area contributed by atoms with E-state index in [-0.39, 0.29) is 23.0 Å². The molecule has 0 unspecified atom stereocenters. The Bertz CT molecular complexity index is 498. The second-order valence-electron chi connectivity index (χ2n) is 3.29. The lowest BCUT2D eigenvalue weighted by Crippen LogP contribution is -2.19. The second-order valence-corrected chi connectivity index (χ2v) is 3.85. The first kappa shape index (κ1) is 15.6. The molecule has 0 aliphatic carbocycles. The molecule has 1 heterocycles. The highest BCUT2D eigenvalue weighted by Crippen LogP contribution is 2.31. The molecule has 0 radical (unpaired) electrons. The fraction of sp³-hybridized carbons (Fsp3) is 0.400. The van der Waals surface area contributed by atoms with Crippen molar-refractivity contribution in [3.63, 3.8) is 0 Å². The molecule has 0 aliphatic heterocycles. The number of pyridine rings is 1. The van der Waals surface area contributed by atoms with E-state index >= 15 is 0 Å². The van der Waals surface area contributed by atoms with Crippen LogP contribution in [0.5, 0.6) is 5.88 Å². The van der Waals surface area contributed by atoms with E-state index in [1.165, 1.54) is 0 Å². The van der Waals surface area contributed by atoms with E-state index in [1.807, 2.05) is 0 Å². The smallest absolute Gasteiger partial charge is 0.388 e. The molecule has 0 saturated heterocycles. The van der Waals surface area contributed by atoms with Gasteiger partial charge in [0, 0.05) is 17.0 Å². The average Bonchev–Trinajstić information content (AvgIpc) is 2.28. The highest BCUT2D eigenvalue weighted by molar-refractivity contribution is 9.08. The quantitative estimate of drug-likeness (QED) is 0.615. The minimum absolute atomic E-state index is 0.0706. The molecule has 19 heavy (non-hydrogen) atoms. The third-order valence-corrected chi connectivity index (χ3v) is 2.59. The molecule has 1 rings (SSSR count). The maximum atomic E-state index is 12.8. The molecule has 1 aromatic heterocycles. The summed E-state index contributed by atoms with van der Waals surface area (Å²) >= 11 is 2.92. The fourth-order valence-corrected chi connectivity index (χ4v) is 1.84. The van der Waals surface area contributed by atoms with Crippen LogP contribution >= 0.6 is 15.9 Å². The Morgan fingerprint density at radius 2 is 2.05 bits per heavy atom. The van der Waals surface area contributed by atoms with E-state index in [4.69, 9.17) is 5.26 Å². The molecule has 0 atom stereocenters. The molecule has 9 heteroatoms. The number of nitriles is 1. The summed E-state index contributed by atoms with van der Waals surface area (Å²) < 4.78 is 65.2. The average molecular weight is 345 g/mol. The molecule has 0 saturated carbocycles. The van der Waals surface area contributed by atoms with Crippen molar-refractivity contribution < 1.29 is 26.7 Å². The Labute approximate surface area is 113 Å². The summed E-state index contributed by atoms with van der Waals surface area (Å²) in [6, 6.07) is 2.16. The van der Waals surface area contributed by atoms with Crippen LogP contribution in [0.4, 0.5) is 22.0 Å². The van der Waals surface area contributed by atoms with E-state index in [1.54, 1.807) is 6.07 Å². The number of ether oxygens (including phenoxy) is 1. The van der Waals surface area contributed by atoms with Crippen molar-refractivity contribution in [3.05, 3.63) is 22.9 Å². The van der Waals surface area contributed by atoms with Gasteiger partial charge in [0.25, 0.3) is 6.43 Å². The van der Waals surface area contributed by atoms with Gasteiger partial charge in [0.05, 0.1) is 18.2 Å². The Morgan fingerprint density at radius 3 is 2.47 bits per heavy atom. The lowest BCUT2D eigenvalue weighted by Gasteiger charge is -2.14. The molecule has 0 bridgehead atoms. The number of aromatic nitrogens is 1. The van der Waals surface area contributed by atoms with Gasteiger partial charge in [-0.1, -0.05) is 15.9 Å². The molecule has 0 spiro atoms. The van der Waals surface area contributed by atoms with Crippen LogP contribution in [-0.4, -0.2) is 11.3 Å². The first-order valence-electron chi connectivity index (χ1n) is 4.78. The topological polar surface area (TPSA) is 45.9 Å². The molecule has 0 aromatic carbocycles. The molecule has 0 amide bonds. The van der Waals surface area contributed by atoms with Gasteiger partial charge in [-0.2, -0.15) is 5.26 Å². The summed E-state index contributed by atoms with van der Waals surface area (Å²) in [6.45, 7) is 0. The maximum absolute atomic E-state index is 12.8. The molecule has 104 valence electrons. The predicted octanol–water partition coefficient (Wildman–Crippen LogP) is 3.88. The summed E-state index contributed by atoms with van der Waals surface area (Å²) in [4.78, 5) is 3.46. The molecule has 3 nitrogen and oxygen atoms in total. The highest BCUT2D eigenvalue weighted by Gasteiger charge is 2.33. The van der Waals surface area contributed by atoms with E-state index in [9.17, 15) is 22.0 Å². The molecular formula is C10H6BrF5N2O. The zero-order valence-electron chi connectivity index (χ0n) is 9.14. The molecule has 0 N–H and O–H groups in total. The normalized spacial score (nSPS) is 11.5.